The van der Waals surface area contributed by atoms with Crippen LogP contribution in [0.4, 0.5) is 0 Å². The number of benzene rings is 3. The van der Waals surface area contributed by atoms with Gasteiger partial charge in [-0.3, -0.25) is 0 Å². The Labute approximate surface area is 156 Å². The van der Waals surface area contributed by atoms with Crippen molar-refractivity contribution in [3.8, 4) is 11.4 Å². The average molecular weight is 367 g/mol. The lowest BCUT2D eigenvalue weighted by Gasteiger charge is -2.12. The number of halogens is 2. The normalized spacial score (nSPS) is 11.2. The lowest BCUT2D eigenvalue weighted by Crippen LogP contribution is -2.03. The molecule has 4 heteroatoms. The van der Waals surface area contributed by atoms with Crippen LogP contribution in [0.25, 0.3) is 22.4 Å². The zero-order valence-electron chi connectivity index (χ0n) is 13.7. The molecule has 0 N–H and O–H groups in total. The summed E-state index contributed by atoms with van der Waals surface area (Å²) in [5.74, 6) is 0.914. The van der Waals surface area contributed by atoms with Crippen LogP contribution >= 0.6 is 23.2 Å². The summed E-state index contributed by atoms with van der Waals surface area (Å²) in [6, 6.07) is 22.1. The zero-order chi connectivity index (χ0) is 17.4. The summed E-state index contributed by atoms with van der Waals surface area (Å²) in [6.45, 7) is 2.65. The van der Waals surface area contributed by atoms with Gasteiger partial charge < -0.3 is 4.57 Å². The van der Waals surface area contributed by atoms with E-state index in [0.717, 1.165) is 28.0 Å². The Balaban J connectivity index is 1.92. The van der Waals surface area contributed by atoms with Gasteiger partial charge in [0.25, 0.3) is 0 Å². The Hall–Kier alpha value is -2.29. The fraction of sp³-hybridized carbons (Fsp3) is 0.0952. The molecule has 4 rings (SSSR count). The highest BCUT2D eigenvalue weighted by atomic mass is 35.5. The molecule has 0 aliphatic rings. The molecule has 1 heterocycles. The van der Waals surface area contributed by atoms with Crippen LogP contribution in [-0.4, -0.2) is 9.55 Å². The quantitative estimate of drug-likeness (QED) is 0.412. The van der Waals surface area contributed by atoms with Crippen molar-refractivity contribution < 1.29 is 0 Å². The number of fused-ring (bicyclic) bond motifs is 1. The number of hydrogen-bond acceptors (Lipinski definition) is 1. The van der Waals surface area contributed by atoms with Gasteiger partial charge in [-0.15, -0.1) is 0 Å². The largest absolute Gasteiger partial charge is 0.319 e. The molecule has 124 valence electrons. The van der Waals surface area contributed by atoms with Crippen molar-refractivity contribution in [1.82, 2.24) is 9.55 Å². The molecule has 0 unspecified atom stereocenters. The van der Waals surface area contributed by atoms with Crippen molar-refractivity contribution in [2.75, 3.05) is 0 Å². The fourth-order valence-corrected chi connectivity index (χ4v) is 3.52. The van der Waals surface area contributed by atoms with E-state index in [9.17, 15) is 0 Å². The minimum absolute atomic E-state index is 0.572. The van der Waals surface area contributed by atoms with Gasteiger partial charge in [0.05, 0.1) is 17.6 Å². The van der Waals surface area contributed by atoms with E-state index in [1.165, 1.54) is 5.56 Å². The number of aryl methyl sites for hydroxylation is 1. The molecule has 4 aromatic rings. The van der Waals surface area contributed by atoms with Gasteiger partial charge in [-0.25, -0.2) is 4.98 Å². The van der Waals surface area contributed by atoms with Crippen molar-refractivity contribution >= 4 is 34.2 Å². The summed E-state index contributed by atoms with van der Waals surface area (Å²) in [5, 5.41) is 1.33. The van der Waals surface area contributed by atoms with Gasteiger partial charge in [-0.1, -0.05) is 71.2 Å². The van der Waals surface area contributed by atoms with E-state index in [1.54, 1.807) is 0 Å². The average Bonchev–Trinajstić information content (AvgIpc) is 2.97. The van der Waals surface area contributed by atoms with Crippen molar-refractivity contribution in [1.29, 1.82) is 0 Å². The molecular formula is C21H16Cl2N2. The van der Waals surface area contributed by atoms with Gasteiger partial charge in [-0.2, -0.15) is 0 Å². The van der Waals surface area contributed by atoms with Crippen LogP contribution in [0.3, 0.4) is 0 Å². The highest BCUT2D eigenvalue weighted by molar-refractivity contribution is 6.36. The Morgan fingerprint density at radius 2 is 1.52 bits per heavy atom. The van der Waals surface area contributed by atoms with Gasteiger partial charge in [0, 0.05) is 21.2 Å². The summed E-state index contributed by atoms with van der Waals surface area (Å²) < 4.78 is 2.17. The maximum Gasteiger partial charge on any atom is 0.141 e. The maximum absolute atomic E-state index is 6.40. The van der Waals surface area contributed by atoms with Crippen LogP contribution in [-0.2, 0) is 6.54 Å². The number of hydrogen-bond donors (Lipinski definition) is 0. The minimum Gasteiger partial charge on any atom is -0.319 e. The molecule has 0 amide bonds. The molecule has 25 heavy (non-hydrogen) atoms. The van der Waals surface area contributed by atoms with E-state index >= 15 is 0 Å². The molecule has 0 fully saturated rings. The smallest absolute Gasteiger partial charge is 0.141 e. The molecule has 0 spiro atoms. The molecule has 0 saturated carbocycles. The van der Waals surface area contributed by atoms with E-state index < -0.39 is 0 Å². The zero-order valence-corrected chi connectivity index (χ0v) is 15.2. The Bertz CT molecular complexity index is 1030. The molecule has 0 saturated heterocycles. The summed E-state index contributed by atoms with van der Waals surface area (Å²) in [7, 11) is 0. The van der Waals surface area contributed by atoms with Crippen molar-refractivity contribution in [2.45, 2.75) is 13.5 Å². The monoisotopic (exact) mass is 366 g/mol. The number of rotatable bonds is 3. The van der Waals surface area contributed by atoms with Crippen LogP contribution in [0.15, 0.2) is 66.7 Å². The van der Waals surface area contributed by atoms with E-state index in [0.29, 0.717) is 16.6 Å². The van der Waals surface area contributed by atoms with Gasteiger partial charge in [0.2, 0.25) is 0 Å². The van der Waals surface area contributed by atoms with Gasteiger partial charge in [0.1, 0.15) is 5.82 Å². The molecule has 3 aromatic carbocycles. The van der Waals surface area contributed by atoms with Gasteiger partial charge >= 0.3 is 0 Å². The summed E-state index contributed by atoms with van der Waals surface area (Å²) in [6.07, 6.45) is 0. The highest BCUT2D eigenvalue weighted by Crippen LogP contribution is 2.30. The first kappa shape index (κ1) is 16.2. The Morgan fingerprint density at radius 1 is 0.840 bits per heavy atom. The number of imidazole rings is 1. The fourth-order valence-electron chi connectivity index (χ4n) is 3.00. The standard InChI is InChI=1S/C21H16Cl2N2/c1-14-9-11-15(12-10-14)21-24-19-7-2-3-8-20(19)25(21)13-16-17(22)5-4-6-18(16)23/h2-12H,13H2,1H3. The second-order valence-corrected chi connectivity index (χ2v) is 6.89. The summed E-state index contributed by atoms with van der Waals surface area (Å²) in [4.78, 5) is 4.84. The predicted molar refractivity (Wildman–Crippen MR) is 105 cm³/mol. The van der Waals surface area contributed by atoms with Gasteiger partial charge in [-0.05, 0) is 31.2 Å². The van der Waals surface area contributed by atoms with Crippen LogP contribution in [0.5, 0.6) is 0 Å². The SMILES string of the molecule is Cc1ccc(-c2nc3ccccc3n2Cc2c(Cl)cccc2Cl)cc1. The molecule has 0 atom stereocenters. The van der Waals surface area contributed by atoms with E-state index in [4.69, 9.17) is 28.2 Å². The molecule has 0 aliphatic carbocycles. The topological polar surface area (TPSA) is 17.8 Å². The molecule has 1 aromatic heterocycles. The summed E-state index contributed by atoms with van der Waals surface area (Å²) >= 11 is 12.8. The van der Waals surface area contributed by atoms with Gasteiger partial charge in [0.15, 0.2) is 0 Å². The third-order valence-corrected chi connectivity index (χ3v) is 5.05. The summed E-state index contributed by atoms with van der Waals surface area (Å²) in [5.41, 5.74) is 5.23. The Kier molecular flexibility index (Phi) is 4.24. The number of nitrogens with zero attached hydrogens (tertiary/aromatic N) is 2. The third kappa shape index (κ3) is 3.04. The lowest BCUT2D eigenvalue weighted by molar-refractivity contribution is 0.835. The first-order valence-corrected chi connectivity index (χ1v) is 8.84. The number of aromatic nitrogens is 2. The second kappa shape index (κ2) is 6.55. The first-order valence-electron chi connectivity index (χ1n) is 8.08. The van der Waals surface area contributed by atoms with Crippen LogP contribution in [0, 0.1) is 6.92 Å². The van der Waals surface area contributed by atoms with Crippen LogP contribution in [0.1, 0.15) is 11.1 Å². The van der Waals surface area contributed by atoms with Crippen molar-refractivity contribution in [2.24, 2.45) is 0 Å². The highest BCUT2D eigenvalue weighted by Gasteiger charge is 2.15. The van der Waals surface area contributed by atoms with Crippen LogP contribution < -0.4 is 0 Å². The first-order chi connectivity index (χ1) is 12.1. The Morgan fingerprint density at radius 3 is 2.24 bits per heavy atom. The van der Waals surface area contributed by atoms with Crippen molar-refractivity contribution in [3.05, 3.63) is 87.9 Å². The minimum atomic E-state index is 0.572. The van der Waals surface area contributed by atoms with Crippen LogP contribution in [0.2, 0.25) is 10.0 Å². The van der Waals surface area contributed by atoms with Crippen molar-refractivity contribution in [3.63, 3.8) is 0 Å². The molecule has 0 aliphatic heterocycles. The molecule has 2 nitrogen and oxygen atoms in total. The van der Waals surface area contributed by atoms with E-state index in [1.807, 2.05) is 36.4 Å². The molecule has 0 radical (unpaired) electrons. The second-order valence-electron chi connectivity index (χ2n) is 6.08. The van der Waals surface area contributed by atoms with E-state index in [-0.39, 0.29) is 0 Å². The lowest BCUT2D eigenvalue weighted by atomic mass is 10.1. The third-order valence-electron chi connectivity index (χ3n) is 4.34. The van der Waals surface area contributed by atoms with E-state index in [2.05, 4.69) is 41.8 Å². The number of para-hydroxylation sites is 2. The molecular weight excluding hydrogens is 351 g/mol. The molecule has 0 bridgehead atoms. The predicted octanol–water partition coefficient (Wildman–Crippen LogP) is 6.37. The maximum atomic E-state index is 6.40.